The van der Waals surface area contributed by atoms with Crippen LogP contribution in [0.3, 0.4) is 0 Å². The minimum Gasteiger partial charge on any atom is -0.508 e. The molecule has 9 heteroatoms. The average molecular weight is 330 g/mol. The van der Waals surface area contributed by atoms with Crippen molar-refractivity contribution in [1.82, 2.24) is 0 Å². The molecule has 1 fully saturated rings. The van der Waals surface area contributed by atoms with E-state index in [9.17, 15) is 30.3 Å². The van der Waals surface area contributed by atoms with E-state index in [2.05, 4.69) is 0 Å². The standard InChI is InChI=1S/C14H18O9/c1-5(16)10-7(18)2-6(17)3-8(10)22-14-13(21)12(20)11(19)9(4-15)23-14/h2-3,9,11-15,17-21H,4H2,1H3/t9-,11+,12-,13+,14-/m1/s1. The molecule has 0 saturated carbocycles. The topological polar surface area (TPSA) is 157 Å². The Hall–Kier alpha value is -1.91. The van der Waals surface area contributed by atoms with Crippen LogP contribution < -0.4 is 4.74 Å². The number of aromatic hydroxyl groups is 2. The fourth-order valence-electron chi connectivity index (χ4n) is 2.32. The van der Waals surface area contributed by atoms with Crippen LogP contribution in [0.5, 0.6) is 17.2 Å². The number of phenolic OH excluding ortho intramolecular Hbond substituents is 2. The molecule has 0 spiro atoms. The third-order valence-electron chi connectivity index (χ3n) is 3.51. The summed E-state index contributed by atoms with van der Waals surface area (Å²) in [5.74, 6) is -1.77. The smallest absolute Gasteiger partial charge is 0.229 e. The van der Waals surface area contributed by atoms with E-state index in [0.29, 0.717) is 0 Å². The number of phenols is 2. The first-order valence-electron chi connectivity index (χ1n) is 6.80. The molecule has 128 valence electrons. The van der Waals surface area contributed by atoms with Crippen molar-refractivity contribution in [3.05, 3.63) is 17.7 Å². The van der Waals surface area contributed by atoms with E-state index in [1.54, 1.807) is 0 Å². The second-order valence-electron chi connectivity index (χ2n) is 5.21. The maximum absolute atomic E-state index is 11.6. The highest BCUT2D eigenvalue weighted by Crippen LogP contribution is 2.35. The maximum atomic E-state index is 11.6. The molecule has 1 aromatic carbocycles. The molecule has 6 N–H and O–H groups in total. The first kappa shape index (κ1) is 17.4. The molecule has 1 heterocycles. The molecule has 1 aromatic rings. The molecule has 1 aliphatic rings. The number of carbonyl (C=O) groups is 1. The van der Waals surface area contributed by atoms with Crippen molar-refractivity contribution in [2.75, 3.05) is 6.61 Å². The lowest BCUT2D eigenvalue weighted by Gasteiger charge is -2.39. The van der Waals surface area contributed by atoms with Crippen LogP contribution in [0.2, 0.25) is 0 Å². The monoisotopic (exact) mass is 330 g/mol. The van der Waals surface area contributed by atoms with Gasteiger partial charge in [0.1, 0.15) is 47.2 Å². The van der Waals surface area contributed by atoms with E-state index < -0.39 is 54.6 Å². The second kappa shape index (κ2) is 6.69. The summed E-state index contributed by atoms with van der Waals surface area (Å²) in [6.45, 7) is 0.516. The zero-order valence-corrected chi connectivity index (χ0v) is 12.2. The van der Waals surface area contributed by atoms with Gasteiger partial charge in [-0.05, 0) is 6.92 Å². The summed E-state index contributed by atoms with van der Waals surface area (Å²) in [4.78, 5) is 11.6. The van der Waals surface area contributed by atoms with Gasteiger partial charge in [0, 0.05) is 12.1 Å². The number of Topliss-reactive ketones (excluding diaryl/α,β-unsaturated/α-hetero) is 1. The molecule has 0 amide bonds. The molecule has 0 bridgehead atoms. The summed E-state index contributed by atoms with van der Waals surface area (Å²) >= 11 is 0. The third kappa shape index (κ3) is 3.38. The minimum absolute atomic E-state index is 0.250. The predicted molar refractivity (Wildman–Crippen MR) is 74.2 cm³/mol. The Morgan fingerprint density at radius 1 is 1.17 bits per heavy atom. The highest BCUT2D eigenvalue weighted by molar-refractivity contribution is 5.99. The Bertz CT molecular complexity index is 586. The van der Waals surface area contributed by atoms with Crippen molar-refractivity contribution >= 4 is 5.78 Å². The number of hydrogen-bond donors (Lipinski definition) is 6. The number of rotatable bonds is 4. The van der Waals surface area contributed by atoms with Gasteiger partial charge < -0.3 is 40.1 Å². The Labute approximate surface area is 130 Å². The van der Waals surface area contributed by atoms with E-state index in [1.807, 2.05) is 0 Å². The SMILES string of the molecule is CC(=O)c1c(O)cc(O)cc1O[C@@H]1O[C@H](CO)[C@H](O)[C@@H](O)[C@@H]1O. The molecule has 23 heavy (non-hydrogen) atoms. The molecular formula is C14H18O9. The van der Waals surface area contributed by atoms with Crippen molar-refractivity contribution in [2.45, 2.75) is 37.6 Å². The van der Waals surface area contributed by atoms with E-state index in [4.69, 9.17) is 14.6 Å². The van der Waals surface area contributed by atoms with Gasteiger partial charge in [0.2, 0.25) is 6.29 Å². The minimum atomic E-state index is -1.68. The van der Waals surface area contributed by atoms with Crippen molar-refractivity contribution in [1.29, 1.82) is 0 Å². The number of aliphatic hydroxyl groups excluding tert-OH is 4. The van der Waals surface area contributed by atoms with Crippen LogP contribution in [0.1, 0.15) is 17.3 Å². The molecule has 5 atom stereocenters. The number of ether oxygens (including phenoxy) is 2. The van der Waals surface area contributed by atoms with Crippen molar-refractivity contribution in [3.63, 3.8) is 0 Å². The Kier molecular flexibility index (Phi) is 5.07. The summed E-state index contributed by atoms with van der Waals surface area (Å²) in [7, 11) is 0. The van der Waals surface area contributed by atoms with Crippen LogP contribution in [0, 0.1) is 0 Å². The van der Waals surface area contributed by atoms with Gasteiger partial charge in [-0.2, -0.15) is 0 Å². The Morgan fingerprint density at radius 3 is 2.39 bits per heavy atom. The molecule has 2 rings (SSSR count). The zero-order chi connectivity index (χ0) is 17.3. The van der Waals surface area contributed by atoms with Crippen molar-refractivity contribution in [3.8, 4) is 17.2 Å². The van der Waals surface area contributed by atoms with Gasteiger partial charge >= 0.3 is 0 Å². The second-order valence-corrected chi connectivity index (χ2v) is 5.21. The summed E-state index contributed by atoms with van der Waals surface area (Å²) in [5, 5.41) is 57.6. The number of aliphatic hydroxyl groups is 4. The normalized spacial score (nSPS) is 30.9. The van der Waals surface area contributed by atoms with Crippen LogP contribution in [-0.2, 0) is 4.74 Å². The zero-order valence-electron chi connectivity index (χ0n) is 12.2. The lowest BCUT2D eigenvalue weighted by atomic mass is 9.99. The van der Waals surface area contributed by atoms with Crippen LogP contribution in [0.25, 0.3) is 0 Å². The van der Waals surface area contributed by atoms with Crippen molar-refractivity contribution in [2.24, 2.45) is 0 Å². The first-order chi connectivity index (χ1) is 10.8. The van der Waals surface area contributed by atoms with Gasteiger partial charge in [-0.3, -0.25) is 4.79 Å². The van der Waals surface area contributed by atoms with Gasteiger partial charge in [-0.25, -0.2) is 0 Å². The highest BCUT2D eigenvalue weighted by atomic mass is 16.7. The van der Waals surface area contributed by atoms with E-state index in [0.717, 1.165) is 19.1 Å². The molecule has 0 unspecified atom stereocenters. The lowest BCUT2D eigenvalue weighted by Crippen LogP contribution is -2.60. The van der Waals surface area contributed by atoms with Crippen LogP contribution in [0.15, 0.2) is 12.1 Å². The summed E-state index contributed by atoms with van der Waals surface area (Å²) in [6, 6.07) is 1.97. The average Bonchev–Trinajstić information content (AvgIpc) is 2.46. The Morgan fingerprint density at radius 2 is 1.83 bits per heavy atom. The summed E-state index contributed by atoms with van der Waals surface area (Å²) in [5.41, 5.74) is -0.250. The van der Waals surface area contributed by atoms with Gasteiger partial charge in [-0.15, -0.1) is 0 Å². The van der Waals surface area contributed by atoms with Crippen molar-refractivity contribution < 1.29 is 44.9 Å². The molecular weight excluding hydrogens is 312 g/mol. The molecule has 1 aliphatic heterocycles. The fraction of sp³-hybridized carbons (Fsp3) is 0.500. The first-order valence-corrected chi connectivity index (χ1v) is 6.80. The third-order valence-corrected chi connectivity index (χ3v) is 3.51. The van der Waals surface area contributed by atoms with Gasteiger partial charge in [0.15, 0.2) is 5.78 Å². The lowest BCUT2D eigenvalue weighted by molar-refractivity contribution is -0.277. The molecule has 9 nitrogen and oxygen atoms in total. The largest absolute Gasteiger partial charge is 0.508 e. The number of benzene rings is 1. The molecule has 0 aromatic heterocycles. The molecule has 0 aliphatic carbocycles. The number of ketones is 1. The maximum Gasteiger partial charge on any atom is 0.229 e. The van der Waals surface area contributed by atoms with Crippen LogP contribution in [-0.4, -0.2) is 73.7 Å². The number of carbonyl (C=O) groups excluding carboxylic acids is 1. The van der Waals surface area contributed by atoms with Gasteiger partial charge in [0.25, 0.3) is 0 Å². The van der Waals surface area contributed by atoms with Crippen LogP contribution >= 0.6 is 0 Å². The van der Waals surface area contributed by atoms with Crippen LogP contribution in [0.4, 0.5) is 0 Å². The number of hydrogen-bond acceptors (Lipinski definition) is 9. The van der Waals surface area contributed by atoms with Gasteiger partial charge in [-0.1, -0.05) is 0 Å². The highest BCUT2D eigenvalue weighted by Gasteiger charge is 2.45. The van der Waals surface area contributed by atoms with E-state index >= 15 is 0 Å². The molecule has 0 radical (unpaired) electrons. The summed E-state index contributed by atoms with van der Waals surface area (Å²) < 4.78 is 10.4. The predicted octanol–water partition coefficient (Wildman–Crippen LogP) is -1.52. The quantitative estimate of drug-likeness (QED) is 0.361. The van der Waals surface area contributed by atoms with E-state index in [-0.39, 0.29) is 11.3 Å². The van der Waals surface area contributed by atoms with E-state index in [1.165, 1.54) is 0 Å². The molecule has 1 saturated heterocycles. The Balaban J connectivity index is 2.33. The van der Waals surface area contributed by atoms with Gasteiger partial charge in [0.05, 0.1) is 6.61 Å². The fourth-order valence-corrected chi connectivity index (χ4v) is 2.32. The summed E-state index contributed by atoms with van der Waals surface area (Å²) in [6.07, 6.45) is -7.62.